The first-order valence-corrected chi connectivity index (χ1v) is 11.5. The van der Waals surface area contributed by atoms with Crippen LogP contribution >= 0.6 is 22.7 Å². The second-order valence-corrected chi connectivity index (χ2v) is 10.1. The van der Waals surface area contributed by atoms with Gasteiger partial charge in [0.15, 0.2) is 11.6 Å². The van der Waals surface area contributed by atoms with Crippen LogP contribution in [-0.2, 0) is 10.0 Å². The lowest BCUT2D eigenvalue weighted by molar-refractivity contribution is 0.596. The van der Waals surface area contributed by atoms with E-state index in [-0.39, 0.29) is 10.0 Å². The molecule has 0 aliphatic rings. The molecule has 4 aromatic heterocycles. The minimum atomic E-state index is -3.74. The highest BCUT2D eigenvalue weighted by molar-refractivity contribution is 7.94. The number of rotatable bonds is 4. The maximum absolute atomic E-state index is 13.0. The minimum absolute atomic E-state index is 0.238. The van der Waals surface area contributed by atoms with Crippen molar-refractivity contribution in [2.24, 2.45) is 0 Å². The summed E-state index contributed by atoms with van der Waals surface area (Å²) in [5.74, 6) is 0.897. The number of anilines is 1. The summed E-state index contributed by atoms with van der Waals surface area (Å²) < 4.78 is 29.4. The first-order valence-electron chi connectivity index (χ1n) is 8.27. The normalized spacial score (nSPS) is 12.0. The molecule has 0 fully saturated rings. The summed E-state index contributed by atoms with van der Waals surface area (Å²) in [5.41, 5.74) is 1.87. The predicted octanol–water partition coefficient (Wildman–Crippen LogP) is 3.89. The van der Waals surface area contributed by atoms with Gasteiger partial charge in [0.25, 0.3) is 10.0 Å². The van der Waals surface area contributed by atoms with Crippen molar-refractivity contribution in [3.8, 4) is 10.7 Å². The number of para-hydroxylation sites is 2. The van der Waals surface area contributed by atoms with Crippen molar-refractivity contribution in [2.45, 2.75) is 4.21 Å². The highest BCUT2D eigenvalue weighted by Gasteiger charge is 2.28. The molecule has 0 aliphatic heterocycles. The zero-order valence-corrected chi connectivity index (χ0v) is 17.0. The van der Waals surface area contributed by atoms with Crippen molar-refractivity contribution in [1.29, 1.82) is 0 Å². The molecule has 0 saturated heterocycles. The van der Waals surface area contributed by atoms with Crippen LogP contribution in [0, 0.1) is 0 Å². The maximum Gasteiger partial charge on any atom is 0.274 e. The summed E-state index contributed by atoms with van der Waals surface area (Å²) in [6, 6.07) is 14.7. The van der Waals surface area contributed by atoms with Crippen molar-refractivity contribution in [3.63, 3.8) is 0 Å². The third-order valence-corrected chi connectivity index (χ3v) is 8.35. The summed E-state index contributed by atoms with van der Waals surface area (Å²) in [6.07, 6.45) is 0. The van der Waals surface area contributed by atoms with E-state index in [0.717, 1.165) is 10.4 Å². The first-order chi connectivity index (χ1) is 13.6. The van der Waals surface area contributed by atoms with E-state index >= 15 is 0 Å². The Morgan fingerprint density at radius 1 is 0.964 bits per heavy atom. The Balaban J connectivity index is 1.83. The SMILES string of the molecule is CN(c1nc2ccccc2n2c(-c3cccs3)nnc12)S(=O)(=O)c1cccs1. The third-order valence-electron chi connectivity index (χ3n) is 4.36. The summed E-state index contributed by atoms with van der Waals surface area (Å²) in [5, 5.41) is 12.3. The summed E-state index contributed by atoms with van der Waals surface area (Å²) in [7, 11) is -2.25. The molecule has 0 bridgehead atoms. The average molecular weight is 428 g/mol. The number of nitrogens with zero attached hydrogens (tertiary/aromatic N) is 5. The molecule has 0 unspecified atom stereocenters. The zero-order chi connectivity index (χ0) is 19.3. The molecule has 0 aliphatic carbocycles. The molecule has 1 aromatic carbocycles. The number of benzene rings is 1. The molecule has 10 heteroatoms. The molecule has 28 heavy (non-hydrogen) atoms. The molecule has 0 spiro atoms. The van der Waals surface area contributed by atoms with E-state index in [1.807, 2.05) is 46.2 Å². The molecular weight excluding hydrogens is 414 g/mol. The molecule has 4 heterocycles. The number of thiophene rings is 2. The predicted molar refractivity (Wildman–Crippen MR) is 112 cm³/mol. The van der Waals surface area contributed by atoms with Crippen LogP contribution in [0.2, 0.25) is 0 Å². The summed E-state index contributed by atoms with van der Waals surface area (Å²) in [4.78, 5) is 5.55. The smallest absolute Gasteiger partial charge is 0.269 e. The van der Waals surface area contributed by atoms with Crippen molar-refractivity contribution >= 4 is 55.2 Å². The Bertz CT molecular complexity index is 1390. The van der Waals surface area contributed by atoms with Crippen LogP contribution in [0.1, 0.15) is 0 Å². The van der Waals surface area contributed by atoms with Crippen LogP contribution in [0.25, 0.3) is 27.4 Å². The van der Waals surface area contributed by atoms with Gasteiger partial charge in [-0.2, -0.15) is 0 Å². The van der Waals surface area contributed by atoms with Crippen molar-refractivity contribution < 1.29 is 8.42 Å². The molecule has 7 nitrogen and oxygen atoms in total. The number of aromatic nitrogens is 4. The average Bonchev–Trinajstić information content (AvgIpc) is 3.47. The largest absolute Gasteiger partial charge is 0.274 e. The van der Waals surface area contributed by atoms with E-state index in [1.165, 1.54) is 22.7 Å². The van der Waals surface area contributed by atoms with Gasteiger partial charge in [-0.05, 0) is 35.0 Å². The van der Waals surface area contributed by atoms with Crippen LogP contribution in [0.4, 0.5) is 5.82 Å². The van der Waals surface area contributed by atoms with Gasteiger partial charge in [0.1, 0.15) is 4.21 Å². The first kappa shape index (κ1) is 17.3. The van der Waals surface area contributed by atoms with Gasteiger partial charge in [-0.3, -0.25) is 4.40 Å². The van der Waals surface area contributed by atoms with Gasteiger partial charge in [0, 0.05) is 7.05 Å². The van der Waals surface area contributed by atoms with E-state index in [1.54, 1.807) is 28.8 Å². The Labute approximate surface area is 168 Å². The van der Waals surface area contributed by atoms with Gasteiger partial charge in [-0.15, -0.1) is 32.9 Å². The van der Waals surface area contributed by atoms with Crippen LogP contribution in [0.3, 0.4) is 0 Å². The second kappa shape index (κ2) is 6.36. The van der Waals surface area contributed by atoms with Gasteiger partial charge >= 0.3 is 0 Å². The molecule has 0 N–H and O–H groups in total. The molecule has 0 amide bonds. The number of sulfonamides is 1. The van der Waals surface area contributed by atoms with Crippen molar-refractivity contribution in [2.75, 3.05) is 11.4 Å². The molecule has 0 radical (unpaired) electrons. The van der Waals surface area contributed by atoms with Crippen LogP contribution in [0.15, 0.2) is 63.5 Å². The Hall–Kier alpha value is -2.82. The van der Waals surface area contributed by atoms with Gasteiger partial charge in [0.05, 0.1) is 15.9 Å². The third kappa shape index (κ3) is 2.53. The summed E-state index contributed by atoms with van der Waals surface area (Å²) >= 11 is 2.71. The topological polar surface area (TPSA) is 80.5 Å². The Morgan fingerprint density at radius 2 is 1.75 bits per heavy atom. The summed E-state index contributed by atoms with van der Waals surface area (Å²) in [6.45, 7) is 0. The fourth-order valence-corrected chi connectivity index (χ4v) is 6.01. The van der Waals surface area contributed by atoms with E-state index in [2.05, 4.69) is 15.2 Å². The van der Waals surface area contributed by atoms with Crippen LogP contribution in [0.5, 0.6) is 0 Å². The fraction of sp³-hybridized carbons (Fsp3) is 0.0556. The Kier molecular flexibility index (Phi) is 3.93. The molecule has 0 atom stereocenters. The molecule has 0 saturated carbocycles. The number of hydrogen-bond donors (Lipinski definition) is 0. The van der Waals surface area contributed by atoms with Crippen LogP contribution in [-0.4, -0.2) is 35.0 Å². The van der Waals surface area contributed by atoms with Gasteiger partial charge in [0.2, 0.25) is 5.65 Å². The van der Waals surface area contributed by atoms with Gasteiger partial charge in [-0.1, -0.05) is 24.3 Å². The molecule has 140 valence electrons. The zero-order valence-electron chi connectivity index (χ0n) is 14.6. The highest BCUT2D eigenvalue weighted by atomic mass is 32.2. The molecular formula is C18H13N5O2S3. The lowest BCUT2D eigenvalue weighted by atomic mass is 10.3. The van der Waals surface area contributed by atoms with Crippen molar-refractivity contribution in [1.82, 2.24) is 19.6 Å². The number of fused-ring (bicyclic) bond motifs is 3. The molecule has 5 aromatic rings. The van der Waals surface area contributed by atoms with E-state index < -0.39 is 10.0 Å². The van der Waals surface area contributed by atoms with E-state index in [0.29, 0.717) is 17.0 Å². The van der Waals surface area contributed by atoms with E-state index in [4.69, 9.17) is 0 Å². The molecule has 5 rings (SSSR count). The fourth-order valence-electron chi connectivity index (χ4n) is 3.00. The highest BCUT2D eigenvalue weighted by Crippen LogP contribution is 2.32. The van der Waals surface area contributed by atoms with Gasteiger partial charge < -0.3 is 0 Å². The lowest BCUT2D eigenvalue weighted by Gasteiger charge is -2.18. The second-order valence-electron chi connectivity index (χ2n) is 5.99. The monoisotopic (exact) mass is 427 g/mol. The quantitative estimate of drug-likeness (QED) is 0.435. The Morgan fingerprint density at radius 3 is 2.50 bits per heavy atom. The van der Waals surface area contributed by atoms with E-state index in [9.17, 15) is 8.42 Å². The van der Waals surface area contributed by atoms with Crippen molar-refractivity contribution in [3.05, 3.63) is 59.3 Å². The number of hydrogen-bond acceptors (Lipinski definition) is 7. The minimum Gasteiger partial charge on any atom is -0.269 e. The maximum atomic E-state index is 13.0. The van der Waals surface area contributed by atoms with Crippen LogP contribution < -0.4 is 4.31 Å². The van der Waals surface area contributed by atoms with Gasteiger partial charge in [-0.25, -0.2) is 17.7 Å². The standard InChI is InChI=1S/C18H13N5O2S3/c1-22(28(24,25)15-9-5-11-27-15)17-18-21-20-16(14-8-4-10-26-14)23(18)13-7-3-2-6-12(13)19-17/h2-11H,1H3. The lowest BCUT2D eigenvalue weighted by Crippen LogP contribution is -2.27.